The van der Waals surface area contributed by atoms with Gasteiger partial charge in [-0.15, -0.1) is 0 Å². The topological polar surface area (TPSA) is 83.5 Å². The van der Waals surface area contributed by atoms with E-state index in [1.807, 2.05) is 0 Å². The van der Waals surface area contributed by atoms with Crippen molar-refractivity contribution in [1.82, 2.24) is 4.72 Å². The van der Waals surface area contributed by atoms with Crippen LogP contribution < -0.4 is 4.72 Å². The maximum absolute atomic E-state index is 12.1. The fraction of sp³-hybridized carbons (Fsp3) is 0.364. The van der Waals surface area contributed by atoms with E-state index in [4.69, 9.17) is 5.11 Å². The van der Waals surface area contributed by atoms with Gasteiger partial charge >= 0.3 is 5.97 Å². The predicted molar refractivity (Wildman–Crippen MR) is 70.8 cm³/mol. The molecule has 18 heavy (non-hydrogen) atoms. The maximum atomic E-state index is 12.1. The van der Waals surface area contributed by atoms with Gasteiger partial charge in [0.1, 0.15) is 0 Å². The first-order valence-electron chi connectivity index (χ1n) is 5.14. The van der Waals surface area contributed by atoms with Gasteiger partial charge in [0.05, 0.1) is 11.3 Å². The van der Waals surface area contributed by atoms with E-state index in [0.717, 1.165) is 0 Å². The molecule has 0 amide bonds. The number of aliphatic carboxylic acids is 1. The van der Waals surface area contributed by atoms with E-state index in [1.165, 1.54) is 19.9 Å². The van der Waals surface area contributed by atoms with Crippen LogP contribution in [0.4, 0.5) is 0 Å². The van der Waals surface area contributed by atoms with Gasteiger partial charge in [-0.1, -0.05) is 12.1 Å². The average Bonchev–Trinajstić information content (AvgIpc) is 2.13. The molecule has 0 heterocycles. The molecule has 0 radical (unpaired) electrons. The van der Waals surface area contributed by atoms with Crippen LogP contribution in [-0.2, 0) is 14.8 Å². The monoisotopic (exact) mass is 335 g/mol. The molecular weight excluding hydrogens is 322 g/mol. The molecular formula is C11H14BrNO4S. The zero-order chi connectivity index (χ0) is 14.0. The number of hydrogen-bond donors (Lipinski definition) is 2. The molecule has 1 aromatic rings. The van der Waals surface area contributed by atoms with Crippen LogP contribution in [0.15, 0.2) is 33.6 Å². The van der Waals surface area contributed by atoms with Gasteiger partial charge in [0.15, 0.2) is 0 Å². The van der Waals surface area contributed by atoms with E-state index in [0.29, 0.717) is 4.47 Å². The largest absolute Gasteiger partial charge is 0.481 e. The summed E-state index contributed by atoms with van der Waals surface area (Å²) in [7, 11) is -3.75. The molecule has 5 nitrogen and oxygen atoms in total. The molecule has 0 atom stereocenters. The second-order valence-corrected chi connectivity index (χ2v) is 7.00. The zero-order valence-corrected chi connectivity index (χ0v) is 12.4. The number of halogens is 1. The lowest BCUT2D eigenvalue weighted by Crippen LogP contribution is -2.44. The number of carboxylic acid groups (broad SMARTS) is 1. The first-order chi connectivity index (χ1) is 8.14. The van der Waals surface area contributed by atoms with Crippen LogP contribution in [0.3, 0.4) is 0 Å². The summed E-state index contributed by atoms with van der Waals surface area (Å²) in [5.41, 5.74) is -1.06. The summed E-state index contributed by atoms with van der Waals surface area (Å²) in [6.45, 7) is 3.05. The first kappa shape index (κ1) is 15.1. The lowest BCUT2D eigenvalue weighted by Gasteiger charge is -2.24. The van der Waals surface area contributed by atoms with Crippen molar-refractivity contribution < 1.29 is 18.3 Å². The van der Waals surface area contributed by atoms with Crippen molar-refractivity contribution in [2.75, 3.05) is 0 Å². The van der Waals surface area contributed by atoms with E-state index in [2.05, 4.69) is 20.7 Å². The molecule has 2 N–H and O–H groups in total. The third-order valence-electron chi connectivity index (χ3n) is 2.13. The van der Waals surface area contributed by atoms with E-state index in [9.17, 15) is 13.2 Å². The zero-order valence-electron chi connectivity index (χ0n) is 9.97. The molecule has 100 valence electrons. The van der Waals surface area contributed by atoms with E-state index in [1.54, 1.807) is 18.2 Å². The number of carbonyl (C=O) groups is 1. The third kappa shape index (κ3) is 4.08. The van der Waals surface area contributed by atoms with Crippen LogP contribution in [-0.4, -0.2) is 25.0 Å². The van der Waals surface area contributed by atoms with Gasteiger partial charge in [0.25, 0.3) is 0 Å². The van der Waals surface area contributed by atoms with Crippen molar-refractivity contribution in [3.05, 3.63) is 28.7 Å². The van der Waals surface area contributed by atoms with Crippen LogP contribution >= 0.6 is 15.9 Å². The highest BCUT2D eigenvalue weighted by Gasteiger charge is 2.29. The molecule has 0 spiro atoms. The normalized spacial score (nSPS) is 12.4. The van der Waals surface area contributed by atoms with E-state index < -0.39 is 21.5 Å². The Morgan fingerprint density at radius 2 is 1.94 bits per heavy atom. The van der Waals surface area contributed by atoms with Gasteiger partial charge in [-0.25, -0.2) is 13.1 Å². The molecule has 0 aliphatic carbocycles. The Labute approximate surface area is 114 Å². The smallest absolute Gasteiger partial charge is 0.305 e. The minimum atomic E-state index is -3.75. The first-order valence-corrected chi connectivity index (χ1v) is 7.42. The van der Waals surface area contributed by atoms with E-state index in [-0.39, 0.29) is 11.3 Å². The standard InChI is InChI=1S/C11H14BrNO4S/c1-11(2,7-10(14)15)13-18(16,17)9-6-4-3-5-8(9)12/h3-6,13H,7H2,1-2H3,(H,14,15). The molecule has 1 aromatic carbocycles. The fourth-order valence-corrected chi connectivity index (χ4v) is 3.91. The molecule has 0 saturated heterocycles. The molecule has 0 aliphatic heterocycles. The second kappa shape index (κ2) is 5.38. The van der Waals surface area contributed by atoms with Crippen LogP contribution in [0.1, 0.15) is 20.3 Å². The number of hydrogen-bond acceptors (Lipinski definition) is 3. The number of rotatable bonds is 5. The van der Waals surface area contributed by atoms with Crippen LogP contribution in [0, 0.1) is 0 Å². The Kier molecular flexibility index (Phi) is 4.52. The molecule has 0 fully saturated rings. The van der Waals surface area contributed by atoms with E-state index >= 15 is 0 Å². The summed E-state index contributed by atoms with van der Waals surface area (Å²) in [4.78, 5) is 10.7. The molecule has 0 unspecified atom stereocenters. The summed E-state index contributed by atoms with van der Waals surface area (Å²) in [5, 5.41) is 8.73. The summed E-state index contributed by atoms with van der Waals surface area (Å²) in [6, 6.07) is 6.36. The maximum Gasteiger partial charge on any atom is 0.305 e. The number of nitrogens with one attached hydrogen (secondary N) is 1. The lowest BCUT2D eigenvalue weighted by molar-refractivity contribution is -0.138. The Bertz CT molecular complexity index is 554. The highest BCUT2D eigenvalue weighted by molar-refractivity contribution is 9.10. The van der Waals surface area contributed by atoms with Crippen molar-refractivity contribution in [2.45, 2.75) is 30.7 Å². The fourth-order valence-electron chi connectivity index (χ4n) is 1.50. The van der Waals surface area contributed by atoms with Crippen molar-refractivity contribution in [3.8, 4) is 0 Å². The van der Waals surface area contributed by atoms with Crippen molar-refractivity contribution >= 4 is 31.9 Å². The minimum absolute atomic E-state index is 0.0865. The van der Waals surface area contributed by atoms with Gasteiger partial charge in [-0.05, 0) is 41.9 Å². The minimum Gasteiger partial charge on any atom is -0.481 e. The van der Waals surface area contributed by atoms with Gasteiger partial charge in [0, 0.05) is 10.0 Å². The quantitative estimate of drug-likeness (QED) is 0.861. The van der Waals surface area contributed by atoms with Crippen molar-refractivity contribution in [3.63, 3.8) is 0 Å². The Balaban J connectivity index is 3.03. The number of sulfonamides is 1. The van der Waals surface area contributed by atoms with Crippen LogP contribution in [0.2, 0.25) is 0 Å². The van der Waals surface area contributed by atoms with Crippen molar-refractivity contribution in [2.24, 2.45) is 0 Å². The summed E-state index contributed by atoms with van der Waals surface area (Å²) in [5.74, 6) is -1.06. The third-order valence-corrected chi connectivity index (χ3v) is 4.84. The van der Waals surface area contributed by atoms with Crippen LogP contribution in [0.5, 0.6) is 0 Å². The summed E-state index contributed by atoms with van der Waals surface area (Å²) in [6.07, 6.45) is -0.295. The molecule has 1 rings (SSSR count). The van der Waals surface area contributed by atoms with Gasteiger partial charge in [-0.2, -0.15) is 0 Å². The molecule has 0 aliphatic rings. The Hall–Kier alpha value is -0.920. The van der Waals surface area contributed by atoms with Crippen LogP contribution in [0.25, 0.3) is 0 Å². The molecule has 0 saturated carbocycles. The number of carboxylic acids is 1. The Morgan fingerprint density at radius 1 is 1.39 bits per heavy atom. The average molecular weight is 336 g/mol. The highest BCUT2D eigenvalue weighted by Crippen LogP contribution is 2.23. The molecule has 7 heteroatoms. The Morgan fingerprint density at radius 3 is 2.44 bits per heavy atom. The van der Waals surface area contributed by atoms with Gasteiger partial charge in [-0.3, -0.25) is 4.79 Å². The lowest BCUT2D eigenvalue weighted by atomic mass is 10.0. The van der Waals surface area contributed by atoms with Crippen molar-refractivity contribution in [1.29, 1.82) is 0 Å². The SMILES string of the molecule is CC(C)(CC(=O)O)NS(=O)(=O)c1ccccc1Br. The number of benzene rings is 1. The summed E-state index contributed by atoms with van der Waals surface area (Å²) < 4.78 is 27.0. The van der Waals surface area contributed by atoms with Gasteiger partial charge < -0.3 is 5.11 Å². The predicted octanol–water partition coefficient (Wildman–Crippen LogP) is 1.98. The van der Waals surface area contributed by atoms with Gasteiger partial charge in [0.2, 0.25) is 10.0 Å². The highest BCUT2D eigenvalue weighted by atomic mass is 79.9. The second-order valence-electron chi connectivity index (χ2n) is 4.49. The summed E-state index contributed by atoms with van der Waals surface area (Å²) >= 11 is 3.15. The molecule has 0 bridgehead atoms. The molecule has 0 aromatic heterocycles.